The average molecular weight is 245 g/mol. The van der Waals surface area contributed by atoms with Crippen molar-refractivity contribution in [3.8, 4) is 17.0 Å². The third-order valence-corrected chi connectivity index (χ3v) is 2.67. The normalized spacial score (nSPS) is 10.3. The Morgan fingerprint density at radius 3 is 2.78 bits per heavy atom. The van der Waals surface area contributed by atoms with E-state index in [1.165, 1.54) is 13.3 Å². The van der Waals surface area contributed by atoms with Crippen LogP contribution in [0.3, 0.4) is 0 Å². The number of rotatable bonds is 4. The summed E-state index contributed by atoms with van der Waals surface area (Å²) in [5.74, 6) is -0.656. The molecular formula is C13H13N2O3-. The van der Waals surface area contributed by atoms with Gasteiger partial charge in [-0.3, -0.25) is 4.68 Å². The number of para-hydroxylation sites is 1. The SMILES string of the molecule is CCn1cc(C(=O)[O-])c(-c2ccccc2OC)n1. The summed E-state index contributed by atoms with van der Waals surface area (Å²) >= 11 is 0. The number of ether oxygens (including phenoxy) is 1. The highest BCUT2D eigenvalue weighted by atomic mass is 16.5. The largest absolute Gasteiger partial charge is 0.545 e. The standard InChI is InChI=1S/C13H14N2O3/c1-3-15-8-10(13(16)17)12(14-15)9-6-4-5-7-11(9)18-2/h4-8H,3H2,1-2H3,(H,16,17)/p-1. The van der Waals surface area contributed by atoms with E-state index in [-0.39, 0.29) is 5.56 Å². The molecule has 0 atom stereocenters. The third-order valence-electron chi connectivity index (χ3n) is 2.67. The average Bonchev–Trinajstić information content (AvgIpc) is 2.83. The zero-order valence-electron chi connectivity index (χ0n) is 10.2. The Morgan fingerprint density at radius 2 is 2.17 bits per heavy atom. The fraction of sp³-hybridized carbons (Fsp3) is 0.231. The van der Waals surface area contributed by atoms with Crippen LogP contribution in [0.4, 0.5) is 0 Å². The molecule has 0 saturated heterocycles. The maximum absolute atomic E-state index is 11.1. The quantitative estimate of drug-likeness (QED) is 0.804. The summed E-state index contributed by atoms with van der Waals surface area (Å²) in [5.41, 5.74) is 1.09. The van der Waals surface area contributed by atoms with Crippen LogP contribution in [-0.4, -0.2) is 22.9 Å². The van der Waals surface area contributed by atoms with E-state index in [2.05, 4.69) is 5.10 Å². The molecule has 0 aliphatic carbocycles. The minimum absolute atomic E-state index is 0.0707. The molecule has 1 heterocycles. The number of hydrogen-bond acceptors (Lipinski definition) is 4. The Labute approximate surface area is 105 Å². The summed E-state index contributed by atoms with van der Waals surface area (Å²) in [6.45, 7) is 2.48. The van der Waals surface area contributed by atoms with Crippen molar-refractivity contribution in [3.63, 3.8) is 0 Å². The van der Waals surface area contributed by atoms with E-state index in [0.29, 0.717) is 23.6 Å². The van der Waals surface area contributed by atoms with Crippen molar-refractivity contribution in [2.75, 3.05) is 7.11 Å². The molecule has 0 aliphatic rings. The highest BCUT2D eigenvalue weighted by Gasteiger charge is 2.15. The van der Waals surface area contributed by atoms with Gasteiger partial charge in [-0.25, -0.2) is 0 Å². The van der Waals surface area contributed by atoms with E-state index < -0.39 is 5.97 Å². The molecule has 94 valence electrons. The molecule has 0 saturated carbocycles. The number of methoxy groups -OCH3 is 1. The van der Waals surface area contributed by atoms with Gasteiger partial charge in [-0.2, -0.15) is 5.10 Å². The number of aryl methyl sites for hydroxylation is 1. The van der Waals surface area contributed by atoms with Gasteiger partial charge in [0.1, 0.15) is 11.4 Å². The second-order valence-electron chi connectivity index (χ2n) is 3.73. The molecule has 0 spiro atoms. The van der Waals surface area contributed by atoms with Gasteiger partial charge in [0.25, 0.3) is 0 Å². The van der Waals surface area contributed by atoms with E-state index >= 15 is 0 Å². The van der Waals surface area contributed by atoms with Crippen LogP contribution < -0.4 is 9.84 Å². The molecule has 0 bridgehead atoms. The van der Waals surface area contributed by atoms with Crippen molar-refractivity contribution in [2.45, 2.75) is 13.5 Å². The monoisotopic (exact) mass is 245 g/mol. The van der Waals surface area contributed by atoms with Gasteiger partial charge in [-0.15, -0.1) is 0 Å². The number of aromatic nitrogens is 2. The van der Waals surface area contributed by atoms with Gasteiger partial charge >= 0.3 is 0 Å². The Bertz CT molecular complexity index is 575. The summed E-state index contributed by atoms with van der Waals surface area (Å²) in [5, 5.41) is 15.4. The molecule has 0 N–H and O–H groups in total. The summed E-state index contributed by atoms with van der Waals surface area (Å²) in [6.07, 6.45) is 1.47. The zero-order chi connectivity index (χ0) is 13.1. The number of aromatic carboxylic acids is 1. The topological polar surface area (TPSA) is 67.2 Å². The van der Waals surface area contributed by atoms with Crippen LogP contribution in [-0.2, 0) is 6.54 Å². The van der Waals surface area contributed by atoms with Crippen molar-refractivity contribution >= 4 is 5.97 Å². The molecule has 18 heavy (non-hydrogen) atoms. The van der Waals surface area contributed by atoms with Gasteiger partial charge in [-0.1, -0.05) is 12.1 Å². The molecule has 0 radical (unpaired) electrons. The smallest absolute Gasteiger partial charge is 0.128 e. The molecule has 0 aliphatic heterocycles. The minimum Gasteiger partial charge on any atom is -0.545 e. The lowest BCUT2D eigenvalue weighted by Gasteiger charge is -2.07. The third kappa shape index (κ3) is 2.07. The first-order chi connectivity index (χ1) is 8.67. The second-order valence-corrected chi connectivity index (χ2v) is 3.73. The zero-order valence-corrected chi connectivity index (χ0v) is 10.2. The van der Waals surface area contributed by atoms with Crippen molar-refractivity contribution in [3.05, 3.63) is 36.0 Å². The van der Waals surface area contributed by atoms with Gasteiger partial charge in [0.2, 0.25) is 0 Å². The lowest BCUT2D eigenvalue weighted by Crippen LogP contribution is -2.22. The molecule has 0 amide bonds. The predicted octanol–water partition coefficient (Wildman–Crippen LogP) is 0.942. The fourth-order valence-corrected chi connectivity index (χ4v) is 1.77. The van der Waals surface area contributed by atoms with E-state index in [9.17, 15) is 9.90 Å². The van der Waals surface area contributed by atoms with E-state index in [1.807, 2.05) is 19.1 Å². The van der Waals surface area contributed by atoms with Crippen LogP contribution in [0.2, 0.25) is 0 Å². The van der Waals surface area contributed by atoms with Crippen LogP contribution in [0, 0.1) is 0 Å². The summed E-state index contributed by atoms with van der Waals surface area (Å²) in [4.78, 5) is 11.1. The van der Waals surface area contributed by atoms with Crippen molar-refractivity contribution < 1.29 is 14.6 Å². The Balaban J connectivity index is 2.62. The maximum Gasteiger partial charge on any atom is 0.128 e. The lowest BCUT2D eigenvalue weighted by molar-refractivity contribution is -0.254. The van der Waals surface area contributed by atoms with Gasteiger partial charge in [0.05, 0.1) is 13.1 Å². The molecule has 0 unspecified atom stereocenters. The number of benzene rings is 1. The van der Waals surface area contributed by atoms with Gasteiger partial charge in [-0.05, 0) is 19.1 Å². The molecule has 2 rings (SSSR count). The Kier molecular flexibility index (Phi) is 3.32. The highest BCUT2D eigenvalue weighted by Crippen LogP contribution is 2.30. The number of carboxylic acid groups (broad SMARTS) is 1. The first-order valence-corrected chi connectivity index (χ1v) is 5.59. The number of carboxylic acids is 1. The van der Waals surface area contributed by atoms with Crippen LogP contribution in [0.1, 0.15) is 17.3 Å². The second kappa shape index (κ2) is 4.91. The number of carbonyl (C=O) groups is 1. The molecule has 5 nitrogen and oxygen atoms in total. The van der Waals surface area contributed by atoms with Crippen LogP contribution in [0.5, 0.6) is 5.75 Å². The molecule has 0 fully saturated rings. The predicted molar refractivity (Wildman–Crippen MR) is 64.2 cm³/mol. The molecule has 1 aromatic carbocycles. The fourth-order valence-electron chi connectivity index (χ4n) is 1.77. The first-order valence-electron chi connectivity index (χ1n) is 5.59. The van der Waals surface area contributed by atoms with Crippen LogP contribution in [0.15, 0.2) is 30.5 Å². The van der Waals surface area contributed by atoms with E-state index in [1.54, 1.807) is 16.8 Å². The molecular weight excluding hydrogens is 232 g/mol. The first kappa shape index (κ1) is 12.2. The Morgan fingerprint density at radius 1 is 1.44 bits per heavy atom. The minimum atomic E-state index is -1.24. The van der Waals surface area contributed by atoms with Crippen LogP contribution in [0.25, 0.3) is 11.3 Å². The van der Waals surface area contributed by atoms with Crippen LogP contribution >= 0.6 is 0 Å². The molecule has 5 heteroatoms. The molecule has 2 aromatic rings. The number of hydrogen-bond donors (Lipinski definition) is 0. The maximum atomic E-state index is 11.1. The van der Waals surface area contributed by atoms with E-state index in [4.69, 9.17) is 4.74 Å². The number of carbonyl (C=O) groups excluding carboxylic acids is 1. The van der Waals surface area contributed by atoms with Gasteiger partial charge in [0.15, 0.2) is 0 Å². The number of nitrogens with zero attached hydrogens (tertiary/aromatic N) is 2. The van der Waals surface area contributed by atoms with E-state index in [0.717, 1.165) is 0 Å². The van der Waals surface area contributed by atoms with Crippen molar-refractivity contribution in [1.29, 1.82) is 0 Å². The van der Waals surface area contributed by atoms with Crippen molar-refractivity contribution in [2.24, 2.45) is 0 Å². The van der Waals surface area contributed by atoms with Crippen molar-refractivity contribution in [1.82, 2.24) is 9.78 Å². The lowest BCUT2D eigenvalue weighted by atomic mass is 10.1. The van der Waals surface area contributed by atoms with Gasteiger partial charge in [0, 0.05) is 23.9 Å². The summed E-state index contributed by atoms with van der Waals surface area (Å²) in [6, 6.07) is 7.16. The molecule has 1 aromatic heterocycles. The summed E-state index contributed by atoms with van der Waals surface area (Å²) < 4.78 is 6.78. The Hall–Kier alpha value is -2.30. The highest BCUT2D eigenvalue weighted by molar-refractivity contribution is 5.94. The van der Waals surface area contributed by atoms with Gasteiger partial charge < -0.3 is 14.6 Å². The summed E-state index contributed by atoms with van der Waals surface area (Å²) in [7, 11) is 1.54.